The summed E-state index contributed by atoms with van der Waals surface area (Å²) in [7, 11) is 0. The molecule has 1 N–H and O–H groups in total. The molecule has 0 fully saturated rings. The maximum atomic E-state index is 12.0. The van der Waals surface area contributed by atoms with Crippen LogP contribution in [0.15, 0.2) is 29.5 Å². The lowest BCUT2D eigenvalue weighted by Crippen LogP contribution is -2.42. The highest BCUT2D eigenvalue weighted by Gasteiger charge is 2.24. The second kappa shape index (κ2) is 7.82. The standard InChI is InChI=1S/C14H24N2O/c1-7-12(9-15-8-2)16-13(10(3)4)14(17)11(5)6/h7-11,13,16H,1H2,2-6H3/b12-9+,15-8-/t13-/m0/s1. The van der Waals surface area contributed by atoms with Crippen molar-refractivity contribution in [2.45, 2.75) is 40.7 Å². The van der Waals surface area contributed by atoms with Crippen molar-refractivity contribution in [3.05, 3.63) is 24.6 Å². The number of nitrogens with zero attached hydrogens (tertiary/aromatic N) is 1. The first-order valence-electron chi connectivity index (χ1n) is 6.04. The van der Waals surface area contributed by atoms with Crippen LogP contribution in [0.5, 0.6) is 0 Å². The van der Waals surface area contributed by atoms with E-state index in [1.807, 2.05) is 34.6 Å². The van der Waals surface area contributed by atoms with Crippen LogP contribution in [0.25, 0.3) is 0 Å². The Labute approximate surface area is 105 Å². The van der Waals surface area contributed by atoms with Gasteiger partial charge in [0.05, 0.1) is 11.7 Å². The molecule has 0 heterocycles. The Hall–Kier alpha value is -1.38. The predicted molar refractivity (Wildman–Crippen MR) is 74.1 cm³/mol. The molecule has 0 aliphatic carbocycles. The van der Waals surface area contributed by atoms with Gasteiger partial charge < -0.3 is 5.32 Å². The molecule has 96 valence electrons. The van der Waals surface area contributed by atoms with E-state index in [9.17, 15) is 4.79 Å². The van der Waals surface area contributed by atoms with Crippen LogP contribution < -0.4 is 5.32 Å². The lowest BCUT2D eigenvalue weighted by Gasteiger charge is -2.24. The van der Waals surface area contributed by atoms with Gasteiger partial charge in [0.1, 0.15) is 0 Å². The maximum absolute atomic E-state index is 12.0. The van der Waals surface area contributed by atoms with E-state index in [-0.39, 0.29) is 23.7 Å². The number of ketones is 1. The zero-order chi connectivity index (χ0) is 13.4. The highest BCUT2D eigenvalue weighted by Crippen LogP contribution is 2.11. The summed E-state index contributed by atoms with van der Waals surface area (Å²) in [5, 5.41) is 3.20. The molecule has 0 aliphatic heterocycles. The van der Waals surface area contributed by atoms with Crippen molar-refractivity contribution >= 4 is 12.0 Å². The zero-order valence-electron chi connectivity index (χ0n) is 11.5. The van der Waals surface area contributed by atoms with Crippen molar-refractivity contribution < 1.29 is 4.79 Å². The average Bonchev–Trinajstić information content (AvgIpc) is 2.28. The first-order valence-corrected chi connectivity index (χ1v) is 6.04. The van der Waals surface area contributed by atoms with Crippen LogP contribution >= 0.6 is 0 Å². The Bertz CT molecular complexity index is 314. The number of hydrogen-bond donors (Lipinski definition) is 1. The first-order chi connectivity index (χ1) is 7.93. The van der Waals surface area contributed by atoms with E-state index in [1.165, 1.54) is 0 Å². The highest BCUT2D eigenvalue weighted by atomic mass is 16.1. The summed E-state index contributed by atoms with van der Waals surface area (Å²) in [6, 6.07) is -0.189. The molecule has 3 heteroatoms. The van der Waals surface area contributed by atoms with Gasteiger partial charge in [0.15, 0.2) is 5.78 Å². The molecular weight excluding hydrogens is 212 g/mol. The molecule has 0 bridgehead atoms. The fraction of sp³-hybridized carbons (Fsp3) is 0.571. The summed E-state index contributed by atoms with van der Waals surface area (Å²) in [6.07, 6.45) is 5.05. The minimum Gasteiger partial charge on any atom is -0.374 e. The smallest absolute Gasteiger partial charge is 0.157 e. The van der Waals surface area contributed by atoms with Gasteiger partial charge in [-0.05, 0) is 18.9 Å². The van der Waals surface area contributed by atoms with Crippen LogP contribution in [0.3, 0.4) is 0 Å². The van der Waals surface area contributed by atoms with Gasteiger partial charge >= 0.3 is 0 Å². The molecule has 0 amide bonds. The molecule has 3 nitrogen and oxygen atoms in total. The van der Waals surface area contributed by atoms with Crippen molar-refractivity contribution in [2.75, 3.05) is 0 Å². The van der Waals surface area contributed by atoms with E-state index in [4.69, 9.17) is 0 Å². The van der Waals surface area contributed by atoms with E-state index >= 15 is 0 Å². The molecule has 0 radical (unpaired) electrons. The third-order valence-corrected chi connectivity index (χ3v) is 2.45. The van der Waals surface area contributed by atoms with E-state index in [2.05, 4.69) is 16.9 Å². The highest BCUT2D eigenvalue weighted by molar-refractivity contribution is 5.86. The van der Waals surface area contributed by atoms with E-state index in [1.54, 1.807) is 18.5 Å². The summed E-state index contributed by atoms with van der Waals surface area (Å²) in [4.78, 5) is 16.1. The molecule has 0 spiro atoms. The molecule has 0 saturated carbocycles. The number of carbonyl (C=O) groups is 1. The quantitative estimate of drug-likeness (QED) is 0.545. The fourth-order valence-corrected chi connectivity index (χ4v) is 1.41. The van der Waals surface area contributed by atoms with Crippen LogP contribution in [0, 0.1) is 11.8 Å². The van der Waals surface area contributed by atoms with Gasteiger partial charge in [-0.15, -0.1) is 0 Å². The Balaban J connectivity index is 4.86. The third kappa shape index (κ3) is 5.48. The molecule has 0 saturated heterocycles. The normalized spacial score (nSPS) is 14.4. The molecule has 17 heavy (non-hydrogen) atoms. The van der Waals surface area contributed by atoms with Gasteiger partial charge in [0, 0.05) is 18.3 Å². The first kappa shape index (κ1) is 15.6. The van der Waals surface area contributed by atoms with Crippen LogP contribution in [0.1, 0.15) is 34.6 Å². The number of Topliss-reactive ketones (excluding diaryl/α,β-unsaturated/α-hetero) is 1. The second-order valence-corrected chi connectivity index (χ2v) is 4.62. The summed E-state index contributed by atoms with van der Waals surface area (Å²) >= 11 is 0. The van der Waals surface area contributed by atoms with Gasteiger partial charge in [0.2, 0.25) is 0 Å². The molecule has 0 aromatic carbocycles. The third-order valence-electron chi connectivity index (χ3n) is 2.45. The molecule has 0 aromatic heterocycles. The molecule has 0 aromatic rings. The summed E-state index contributed by atoms with van der Waals surface area (Å²) < 4.78 is 0. The largest absolute Gasteiger partial charge is 0.374 e. The number of allylic oxidation sites excluding steroid dienone is 1. The van der Waals surface area contributed by atoms with Gasteiger partial charge in [-0.25, -0.2) is 0 Å². The van der Waals surface area contributed by atoms with Crippen molar-refractivity contribution in [3.8, 4) is 0 Å². The Kier molecular flexibility index (Phi) is 7.19. The summed E-state index contributed by atoms with van der Waals surface area (Å²) in [6.45, 7) is 13.5. The lowest BCUT2D eigenvalue weighted by molar-refractivity contribution is -0.124. The minimum absolute atomic E-state index is 0.0237. The molecule has 0 rings (SSSR count). The van der Waals surface area contributed by atoms with Crippen LogP contribution in [0.4, 0.5) is 0 Å². The zero-order valence-corrected chi connectivity index (χ0v) is 11.5. The van der Waals surface area contributed by atoms with Crippen LogP contribution in [-0.2, 0) is 4.79 Å². The van der Waals surface area contributed by atoms with Crippen LogP contribution in [-0.4, -0.2) is 18.0 Å². The van der Waals surface area contributed by atoms with E-state index in [0.29, 0.717) is 0 Å². The molecular formula is C14H24N2O. The monoisotopic (exact) mass is 236 g/mol. The number of carbonyl (C=O) groups excluding carboxylic acids is 1. The van der Waals surface area contributed by atoms with Gasteiger partial charge in [-0.3, -0.25) is 9.79 Å². The second-order valence-electron chi connectivity index (χ2n) is 4.62. The van der Waals surface area contributed by atoms with E-state index in [0.717, 1.165) is 5.70 Å². The average molecular weight is 236 g/mol. The van der Waals surface area contributed by atoms with Crippen molar-refractivity contribution in [3.63, 3.8) is 0 Å². The summed E-state index contributed by atoms with van der Waals surface area (Å²) in [5.41, 5.74) is 0.774. The van der Waals surface area contributed by atoms with Gasteiger partial charge in [-0.2, -0.15) is 0 Å². The number of rotatable bonds is 7. The maximum Gasteiger partial charge on any atom is 0.157 e. The van der Waals surface area contributed by atoms with Gasteiger partial charge in [-0.1, -0.05) is 34.3 Å². The molecule has 1 atom stereocenters. The Morgan fingerprint density at radius 2 is 1.88 bits per heavy atom. The molecule has 0 unspecified atom stereocenters. The number of aliphatic imine (C=N–C) groups is 1. The number of hydrogen-bond acceptors (Lipinski definition) is 3. The van der Waals surface area contributed by atoms with Crippen LogP contribution in [0.2, 0.25) is 0 Å². The van der Waals surface area contributed by atoms with Crippen molar-refractivity contribution in [2.24, 2.45) is 16.8 Å². The Morgan fingerprint density at radius 3 is 2.24 bits per heavy atom. The van der Waals surface area contributed by atoms with Gasteiger partial charge in [0.25, 0.3) is 0 Å². The minimum atomic E-state index is -0.189. The van der Waals surface area contributed by atoms with Crippen molar-refractivity contribution in [1.29, 1.82) is 0 Å². The topological polar surface area (TPSA) is 41.5 Å². The summed E-state index contributed by atoms with van der Waals surface area (Å²) in [5.74, 6) is 0.475. The Morgan fingerprint density at radius 1 is 1.29 bits per heavy atom. The fourth-order valence-electron chi connectivity index (χ4n) is 1.41. The SMILES string of the molecule is C=C/C(=C\N=C/C)N[C@H](C(=O)C(C)C)C(C)C. The van der Waals surface area contributed by atoms with Crippen molar-refractivity contribution in [1.82, 2.24) is 5.32 Å². The lowest BCUT2D eigenvalue weighted by atomic mass is 9.93. The number of nitrogens with one attached hydrogen (secondary N) is 1. The molecule has 0 aliphatic rings. The predicted octanol–water partition coefficient (Wildman–Crippen LogP) is 2.94. The van der Waals surface area contributed by atoms with E-state index < -0.39 is 0 Å².